The average Bonchev–Trinajstić information content (AvgIpc) is 3.06. The molecule has 0 amide bonds. The third-order valence-corrected chi connectivity index (χ3v) is 10.8. The van der Waals surface area contributed by atoms with Crippen molar-refractivity contribution in [2.45, 2.75) is 105 Å². The molecule has 1 N–H and O–H groups in total. The Morgan fingerprint density at radius 3 is 2.50 bits per heavy atom. The topological polar surface area (TPSA) is 20.2 Å². The molecule has 30 heavy (non-hydrogen) atoms. The summed E-state index contributed by atoms with van der Waals surface area (Å²) in [5.74, 6) is 5.70. The van der Waals surface area contributed by atoms with Gasteiger partial charge in [-0.05, 0) is 110 Å². The number of aliphatic hydroxyl groups excluding tert-OH is 1. The molecule has 0 spiro atoms. The van der Waals surface area contributed by atoms with E-state index in [4.69, 9.17) is 0 Å². The van der Waals surface area contributed by atoms with E-state index in [-0.39, 0.29) is 6.10 Å². The fourth-order valence-corrected chi connectivity index (χ4v) is 8.83. The van der Waals surface area contributed by atoms with Gasteiger partial charge < -0.3 is 5.11 Å². The Morgan fingerprint density at radius 2 is 1.80 bits per heavy atom. The smallest absolute Gasteiger partial charge is 0.0577 e. The van der Waals surface area contributed by atoms with E-state index in [1.54, 1.807) is 5.57 Å². The fraction of sp³-hybridized carbons (Fsp3) is 0.862. The van der Waals surface area contributed by atoms with Gasteiger partial charge in [0.15, 0.2) is 0 Å². The minimum absolute atomic E-state index is 0.0870. The van der Waals surface area contributed by atoms with E-state index in [2.05, 4.69) is 59.8 Å². The van der Waals surface area contributed by atoms with E-state index in [0.717, 1.165) is 48.3 Å². The molecule has 0 heterocycles. The van der Waals surface area contributed by atoms with Crippen LogP contribution in [0.5, 0.6) is 0 Å². The molecule has 4 aliphatic rings. The minimum Gasteiger partial charge on any atom is -0.393 e. The maximum atomic E-state index is 10.2. The van der Waals surface area contributed by atoms with Crippen LogP contribution >= 0.6 is 0 Å². The number of hydrogen-bond donors (Lipinski definition) is 1. The Balaban J connectivity index is 1.52. The van der Waals surface area contributed by atoms with Crippen LogP contribution in [0.2, 0.25) is 0 Å². The molecule has 0 aromatic carbocycles. The van der Waals surface area contributed by atoms with Gasteiger partial charge in [-0.15, -0.1) is 0 Å². The van der Waals surface area contributed by atoms with Crippen LogP contribution in [0, 0.1) is 52.3 Å². The van der Waals surface area contributed by atoms with Crippen molar-refractivity contribution in [3.63, 3.8) is 0 Å². The van der Waals surface area contributed by atoms with E-state index in [9.17, 15) is 5.11 Å². The minimum atomic E-state index is -0.0870. The number of allylic oxidation sites excluding steroid dienone is 3. The quantitative estimate of drug-likeness (QED) is 0.457. The normalized spacial score (nSPS) is 45.6. The van der Waals surface area contributed by atoms with Crippen LogP contribution in [0.3, 0.4) is 0 Å². The Labute approximate surface area is 186 Å². The molecular weight excluding hydrogens is 364 g/mol. The molecule has 1 nitrogen and oxygen atoms in total. The van der Waals surface area contributed by atoms with Gasteiger partial charge in [0.05, 0.1) is 6.10 Å². The van der Waals surface area contributed by atoms with Crippen LogP contribution in [-0.2, 0) is 0 Å². The molecule has 0 bridgehead atoms. The average molecular weight is 413 g/mol. The molecule has 3 saturated carbocycles. The zero-order valence-electron chi connectivity index (χ0n) is 20.7. The van der Waals surface area contributed by atoms with Crippen LogP contribution < -0.4 is 0 Å². The van der Waals surface area contributed by atoms with Crippen LogP contribution in [0.1, 0.15) is 99.3 Å². The van der Waals surface area contributed by atoms with Crippen LogP contribution in [0.4, 0.5) is 0 Å². The summed E-state index contributed by atoms with van der Waals surface area (Å²) in [5, 5.41) is 10.2. The molecule has 0 aromatic heterocycles. The highest BCUT2D eigenvalue weighted by Crippen LogP contribution is 2.67. The summed E-state index contributed by atoms with van der Waals surface area (Å²) in [7, 11) is 0. The highest BCUT2D eigenvalue weighted by molar-refractivity contribution is 5.25. The predicted molar refractivity (Wildman–Crippen MR) is 128 cm³/mol. The van der Waals surface area contributed by atoms with Crippen LogP contribution in [-0.4, -0.2) is 11.2 Å². The van der Waals surface area contributed by atoms with Crippen molar-refractivity contribution in [1.82, 2.24) is 0 Å². The van der Waals surface area contributed by atoms with E-state index in [0.29, 0.717) is 16.7 Å². The molecule has 3 fully saturated rings. The second-order valence-electron chi connectivity index (χ2n) is 12.4. The van der Waals surface area contributed by atoms with Gasteiger partial charge in [0.25, 0.3) is 0 Å². The number of fused-ring (bicyclic) bond motifs is 5. The van der Waals surface area contributed by atoms with Crippen LogP contribution in [0.15, 0.2) is 23.8 Å². The monoisotopic (exact) mass is 412 g/mol. The first-order valence-electron chi connectivity index (χ1n) is 13.3. The Kier molecular flexibility index (Phi) is 6.35. The lowest BCUT2D eigenvalue weighted by Gasteiger charge is -2.58. The summed E-state index contributed by atoms with van der Waals surface area (Å²) in [4.78, 5) is 0. The molecule has 0 radical (unpaired) electrons. The molecule has 170 valence electrons. The van der Waals surface area contributed by atoms with Gasteiger partial charge >= 0.3 is 0 Å². The van der Waals surface area contributed by atoms with Gasteiger partial charge in [-0.1, -0.05) is 65.3 Å². The Bertz CT molecular complexity index is 674. The Morgan fingerprint density at radius 1 is 1.03 bits per heavy atom. The number of hydrogen-bond acceptors (Lipinski definition) is 1. The van der Waals surface area contributed by atoms with Gasteiger partial charge in [0, 0.05) is 0 Å². The highest BCUT2D eigenvalue weighted by atomic mass is 16.3. The lowest BCUT2D eigenvalue weighted by Crippen LogP contribution is -2.50. The van der Waals surface area contributed by atoms with Gasteiger partial charge in [0.1, 0.15) is 0 Å². The van der Waals surface area contributed by atoms with Crippen molar-refractivity contribution in [3.8, 4) is 0 Å². The zero-order valence-corrected chi connectivity index (χ0v) is 20.7. The summed E-state index contributed by atoms with van der Waals surface area (Å²) >= 11 is 0. The standard InChI is InChI=1S/C29H48O/c1-7-21(19(2)3)9-8-20(4)25-12-13-26-24-11-10-22-18-23(30)14-16-28(22,5)27(24)15-17-29(25,26)6/h8-10,19-21,23-27,30H,7,11-18H2,1-6H3/b9-8+/t20-,21-,23+,24+,25+,26+,27-,28+,29+/m1/s1. The molecule has 4 rings (SSSR count). The van der Waals surface area contributed by atoms with E-state index >= 15 is 0 Å². The van der Waals surface area contributed by atoms with Gasteiger partial charge in [-0.25, -0.2) is 0 Å². The second-order valence-corrected chi connectivity index (χ2v) is 12.4. The second kappa shape index (κ2) is 8.42. The van der Waals surface area contributed by atoms with Crippen LogP contribution in [0.25, 0.3) is 0 Å². The largest absolute Gasteiger partial charge is 0.393 e. The van der Waals surface area contributed by atoms with E-state index in [1.165, 1.54) is 44.9 Å². The molecule has 0 aromatic rings. The molecule has 9 atom stereocenters. The van der Waals surface area contributed by atoms with Gasteiger partial charge in [0.2, 0.25) is 0 Å². The number of rotatable bonds is 5. The number of aliphatic hydroxyl groups is 1. The van der Waals surface area contributed by atoms with Crippen molar-refractivity contribution in [3.05, 3.63) is 23.8 Å². The zero-order chi connectivity index (χ0) is 21.7. The third-order valence-electron chi connectivity index (χ3n) is 10.8. The van der Waals surface area contributed by atoms with E-state index in [1.807, 2.05) is 0 Å². The summed E-state index contributed by atoms with van der Waals surface area (Å²) in [6.45, 7) is 14.8. The summed E-state index contributed by atoms with van der Waals surface area (Å²) in [6, 6.07) is 0. The lowest BCUT2D eigenvalue weighted by atomic mass is 9.47. The van der Waals surface area contributed by atoms with Crippen molar-refractivity contribution in [1.29, 1.82) is 0 Å². The molecule has 1 heteroatoms. The predicted octanol–water partition coefficient (Wildman–Crippen LogP) is 7.80. The molecular formula is C29H48O. The SMILES string of the molecule is CC[C@H](/C=C/[C@@H](C)[C@@H]1CC[C@H]2[C@@H]3CC=C4C[C@@H](O)CC[C@]4(C)[C@@H]3CC[C@]21C)C(C)C. The first kappa shape index (κ1) is 22.6. The molecule has 4 aliphatic carbocycles. The summed E-state index contributed by atoms with van der Waals surface area (Å²) in [5.41, 5.74) is 2.51. The molecule has 0 unspecified atom stereocenters. The Hall–Kier alpha value is -0.560. The highest BCUT2D eigenvalue weighted by Gasteiger charge is 2.58. The molecule has 0 aliphatic heterocycles. The maximum absolute atomic E-state index is 10.2. The lowest BCUT2D eigenvalue weighted by molar-refractivity contribution is -0.0540. The third kappa shape index (κ3) is 3.66. The summed E-state index contributed by atoms with van der Waals surface area (Å²) < 4.78 is 0. The van der Waals surface area contributed by atoms with E-state index < -0.39 is 0 Å². The first-order chi connectivity index (χ1) is 14.2. The van der Waals surface area contributed by atoms with Crippen molar-refractivity contribution in [2.75, 3.05) is 0 Å². The molecule has 0 saturated heterocycles. The van der Waals surface area contributed by atoms with Crippen molar-refractivity contribution >= 4 is 0 Å². The van der Waals surface area contributed by atoms with Gasteiger partial charge in [-0.3, -0.25) is 0 Å². The maximum Gasteiger partial charge on any atom is 0.0577 e. The fourth-order valence-electron chi connectivity index (χ4n) is 8.83. The van der Waals surface area contributed by atoms with Crippen molar-refractivity contribution < 1.29 is 5.11 Å². The first-order valence-corrected chi connectivity index (χ1v) is 13.3. The van der Waals surface area contributed by atoms with Crippen molar-refractivity contribution in [2.24, 2.45) is 52.3 Å². The summed E-state index contributed by atoms with van der Waals surface area (Å²) in [6.07, 6.45) is 19.1. The van der Waals surface area contributed by atoms with Gasteiger partial charge in [-0.2, -0.15) is 0 Å².